The van der Waals surface area contributed by atoms with Gasteiger partial charge in [0.05, 0.1) is 17.7 Å². The van der Waals surface area contributed by atoms with Crippen LogP contribution in [0.4, 0.5) is 8.78 Å². The molecule has 0 aliphatic rings. The second kappa shape index (κ2) is 5.54. The second-order valence-electron chi connectivity index (χ2n) is 2.98. The molecule has 0 saturated heterocycles. The number of pyridine rings is 1. The monoisotopic (exact) mass is 313 g/mol. The largest absolute Gasteiger partial charge is 0.481 e. The minimum Gasteiger partial charge on any atom is -0.481 e. The number of alkyl halides is 3. The Bertz CT molecular complexity index is 415. The highest BCUT2D eigenvalue weighted by Crippen LogP contribution is 2.28. The van der Waals surface area contributed by atoms with Crippen molar-refractivity contribution in [1.82, 2.24) is 4.98 Å². The summed E-state index contributed by atoms with van der Waals surface area (Å²) in [5.41, 5.74) is 0.214. The van der Waals surface area contributed by atoms with Gasteiger partial charge < -0.3 is 5.11 Å². The highest BCUT2D eigenvalue weighted by molar-refractivity contribution is 9.10. The van der Waals surface area contributed by atoms with Gasteiger partial charge in [-0.3, -0.25) is 4.79 Å². The molecule has 0 aliphatic carbocycles. The van der Waals surface area contributed by atoms with Gasteiger partial charge in [0.2, 0.25) is 0 Å². The fraction of sp³-hybridized carbons (Fsp3) is 0.333. The Morgan fingerprint density at radius 3 is 2.69 bits per heavy atom. The smallest absolute Gasteiger partial charge is 0.309 e. The van der Waals surface area contributed by atoms with Gasteiger partial charge in [0.25, 0.3) is 6.43 Å². The molecule has 0 unspecified atom stereocenters. The van der Waals surface area contributed by atoms with Gasteiger partial charge in [-0.15, -0.1) is 11.6 Å². The quantitative estimate of drug-likeness (QED) is 0.686. The van der Waals surface area contributed by atoms with Gasteiger partial charge in [0, 0.05) is 5.88 Å². The SMILES string of the molecule is O=C(O)Cc1nc(Br)c(C(F)F)cc1CCl. The van der Waals surface area contributed by atoms with Crippen LogP contribution >= 0.6 is 27.5 Å². The fourth-order valence-corrected chi connectivity index (χ4v) is 1.88. The number of aromatic nitrogens is 1. The van der Waals surface area contributed by atoms with Crippen LogP contribution in [0.3, 0.4) is 0 Å². The highest BCUT2D eigenvalue weighted by Gasteiger charge is 2.17. The lowest BCUT2D eigenvalue weighted by Crippen LogP contribution is -2.07. The van der Waals surface area contributed by atoms with Crippen molar-refractivity contribution < 1.29 is 18.7 Å². The zero-order chi connectivity index (χ0) is 12.3. The molecule has 1 heterocycles. The minimum absolute atomic E-state index is 0.0485. The maximum atomic E-state index is 12.5. The molecule has 1 aromatic rings. The number of carbonyl (C=O) groups is 1. The summed E-state index contributed by atoms with van der Waals surface area (Å²) >= 11 is 8.43. The van der Waals surface area contributed by atoms with Gasteiger partial charge in [-0.25, -0.2) is 13.8 Å². The van der Waals surface area contributed by atoms with Crippen molar-refractivity contribution >= 4 is 33.5 Å². The summed E-state index contributed by atoms with van der Waals surface area (Å²) in [6.07, 6.45) is -3.02. The maximum Gasteiger partial charge on any atom is 0.309 e. The lowest BCUT2D eigenvalue weighted by molar-refractivity contribution is -0.136. The number of hydrogen-bond acceptors (Lipinski definition) is 2. The van der Waals surface area contributed by atoms with E-state index in [0.717, 1.165) is 0 Å². The first-order chi connectivity index (χ1) is 7.45. The molecule has 0 fully saturated rings. The first-order valence-corrected chi connectivity index (χ1v) is 5.52. The number of carboxylic acid groups (broad SMARTS) is 1. The summed E-state index contributed by atoms with van der Waals surface area (Å²) in [7, 11) is 0. The number of rotatable bonds is 4. The normalized spacial score (nSPS) is 10.8. The number of carboxylic acids is 1. The standard InChI is InChI=1S/C9H7BrClF2NO2/c10-8-5(9(12)13)1-4(3-11)6(14-8)2-7(15)16/h1,9H,2-3H2,(H,15,16). The molecule has 1 aromatic heterocycles. The molecule has 1 N–H and O–H groups in total. The van der Waals surface area contributed by atoms with E-state index in [0.29, 0.717) is 5.56 Å². The topological polar surface area (TPSA) is 50.2 Å². The van der Waals surface area contributed by atoms with Crippen LogP contribution < -0.4 is 0 Å². The molecule has 1 rings (SSSR count). The average Bonchev–Trinajstić information content (AvgIpc) is 2.16. The Labute approximate surface area is 104 Å². The summed E-state index contributed by atoms with van der Waals surface area (Å²) in [5.74, 6) is -1.14. The van der Waals surface area contributed by atoms with Gasteiger partial charge >= 0.3 is 5.97 Å². The third-order valence-corrected chi connectivity index (χ3v) is 2.79. The minimum atomic E-state index is -2.68. The number of nitrogens with zero attached hydrogens (tertiary/aromatic N) is 1. The molecular weight excluding hydrogens is 307 g/mol. The number of halogens is 4. The van der Waals surface area contributed by atoms with Crippen LogP contribution in [0, 0.1) is 0 Å². The first kappa shape index (κ1) is 13.3. The summed E-state index contributed by atoms with van der Waals surface area (Å²) in [6.45, 7) is 0. The van der Waals surface area contributed by atoms with E-state index in [4.69, 9.17) is 16.7 Å². The van der Waals surface area contributed by atoms with Crippen molar-refractivity contribution in [3.05, 3.63) is 27.5 Å². The Hall–Kier alpha value is -0.750. The maximum absolute atomic E-state index is 12.5. The molecule has 3 nitrogen and oxygen atoms in total. The van der Waals surface area contributed by atoms with Crippen LogP contribution in [0.25, 0.3) is 0 Å². The average molecular weight is 315 g/mol. The van der Waals surface area contributed by atoms with Crippen LogP contribution in [0.2, 0.25) is 0 Å². The third-order valence-electron chi connectivity index (χ3n) is 1.87. The first-order valence-electron chi connectivity index (χ1n) is 4.19. The summed E-state index contributed by atoms with van der Waals surface area (Å²) < 4.78 is 25.0. The zero-order valence-electron chi connectivity index (χ0n) is 7.88. The molecule has 0 aromatic carbocycles. The van der Waals surface area contributed by atoms with Gasteiger partial charge in [-0.05, 0) is 27.6 Å². The van der Waals surface area contributed by atoms with Crippen molar-refractivity contribution in [2.24, 2.45) is 0 Å². The highest BCUT2D eigenvalue weighted by atomic mass is 79.9. The lowest BCUT2D eigenvalue weighted by Gasteiger charge is -2.09. The van der Waals surface area contributed by atoms with Gasteiger partial charge in [-0.2, -0.15) is 0 Å². The Morgan fingerprint density at radius 2 is 2.25 bits per heavy atom. The Morgan fingerprint density at radius 1 is 1.62 bits per heavy atom. The second-order valence-corrected chi connectivity index (χ2v) is 4.00. The number of aliphatic carboxylic acids is 1. The molecule has 0 amide bonds. The van der Waals surface area contributed by atoms with Crippen LogP contribution in [-0.4, -0.2) is 16.1 Å². The molecule has 7 heteroatoms. The molecule has 0 spiro atoms. The van der Waals surface area contributed by atoms with Crippen LogP contribution in [0.15, 0.2) is 10.7 Å². The van der Waals surface area contributed by atoms with E-state index in [1.54, 1.807) is 0 Å². The van der Waals surface area contributed by atoms with Gasteiger partial charge in [0.1, 0.15) is 4.60 Å². The summed E-state index contributed by atoms with van der Waals surface area (Å²) in [4.78, 5) is 14.3. The Balaban J connectivity index is 3.20. The predicted octanol–water partition coefficient (Wildman–Crippen LogP) is 3.15. The van der Waals surface area contributed by atoms with E-state index in [9.17, 15) is 13.6 Å². The van der Waals surface area contributed by atoms with Crippen molar-refractivity contribution in [3.8, 4) is 0 Å². The van der Waals surface area contributed by atoms with Crippen LogP contribution in [0.5, 0.6) is 0 Å². The third kappa shape index (κ3) is 3.12. The molecule has 0 atom stereocenters. The van der Waals surface area contributed by atoms with E-state index < -0.39 is 12.4 Å². The molecule has 0 saturated carbocycles. The van der Waals surface area contributed by atoms with Crippen molar-refractivity contribution in [2.75, 3.05) is 0 Å². The predicted molar refractivity (Wildman–Crippen MR) is 57.8 cm³/mol. The van der Waals surface area contributed by atoms with Gasteiger partial charge in [0.15, 0.2) is 0 Å². The fourth-order valence-electron chi connectivity index (χ4n) is 1.15. The van der Waals surface area contributed by atoms with Crippen LogP contribution in [-0.2, 0) is 17.1 Å². The summed E-state index contributed by atoms with van der Waals surface area (Å²) in [6, 6.07) is 1.17. The van der Waals surface area contributed by atoms with E-state index in [-0.39, 0.29) is 28.2 Å². The molecular formula is C9H7BrClF2NO2. The number of hydrogen-bond donors (Lipinski definition) is 1. The summed E-state index contributed by atoms with van der Waals surface area (Å²) in [5, 5.41) is 8.61. The lowest BCUT2D eigenvalue weighted by atomic mass is 10.1. The van der Waals surface area contributed by atoms with Crippen molar-refractivity contribution in [1.29, 1.82) is 0 Å². The Kier molecular flexibility index (Phi) is 4.61. The van der Waals surface area contributed by atoms with Crippen LogP contribution in [0.1, 0.15) is 23.2 Å². The van der Waals surface area contributed by atoms with E-state index >= 15 is 0 Å². The molecule has 0 radical (unpaired) electrons. The van der Waals surface area contributed by atoms with Crippen molar-refractivity contribution in [3.63, 3.8) is 0 Å². The van der Waals surface area contributed by atoms with Gasteiger partial charge in [-0.1, -0.05) is 0 Å². The molecule has 16 heavy (non-hydrogen) atoms. The zero-order valence-corrected chi connectivity index (χ0v) is 10.2. The van der Waals surface area contributed by atoms with Crippen molar-refractivity contribution in [2.45, 2.75) is 18.7 Å². The molecule has 0 aliphatic heterocycles. The van der Waals surface area contributed by atoms with E-state index in [1.807, 2.05) is 0 Å². The molecule has 0 bridgehead atoms. The molecule has 88 valence electrons. The van der Waals surface area contributed by atoms with E-state index in [2.05, 4.69) is 20.9 Å². The van der Waals surface area contributed by atoms with E-state index in [1.165, 1.54) is 6.07 Å².